The summed E-state index contributed by atoms with van der Waals surface area (Å²) in [6.07, 6.45) is 11.0. The summed E-state index contributed by atoms with van der Waals surface area (Å²) in [7, 11) is 0. The van der Waals surface area contributed by atoms with Crippen LogP contribution in [0, 0.1) is 11.8 Å². The van der Waals surface area contributed by atoms with Crippen LogP contribution in [0.25, 0.3) is 0 Å². The fraction of sp³-hybridized carbons (Fsp3) is 0.481. The van der Waals surface area contributed by atoms with Gasteiger partial charge in [0.05, 0.1) is 5.76 Å². The predicted molar refractivity (Wildman–Crippen MR) is 124 cm³/mol. The molecule has 0 fully saturated rings. The number of aromatic hydroxyl groups is 2. The smallest absolute Gasteiger partial charge is 0.124 e. The highest BCUT2D eigenvalue weighted by Crippen LogP contribution is 2.48. The van der Waals surface area contributed by atoms with Gasteiger partial charge in [-0.2, -0.15) is 0 Å². The van der Waals surface area contributed by atoms with Crippen LogP contribution < -0.4 is 0 Å². The van der Waals surface area contributed by atoms with Crippen molar-refractivity contribution in [2.45, 2.75) is 71.3 Å². The van der Waals surface area contributed by atoms with Crippen LogP contribution in [0.15, 0.2) is 60.4 Å². The Labute approximate surface area is 181 Å². The SMILES string of the molecule is C=C(C)C1C=CC(C)(OC(=C)C2CCC(C)=CC2c2c(O)cc(CC)cc2O)CC1. The molecule has 2 N–H and O–H groups in total. The highest BCUT2D eigenvalue weighted by Gasteiger charge is 2.36. The van der Waals surface area contributed by atoms with Crippen molar-refractivity contribution in [1.82, 2.24) is 0 Å². The summed E-state index contributed by atoms with van der Waals surface area (Å²) in [5.74, 6) is 1.28. The molecule has 0 bridgehead atoms. The Morgan fingerprint density at radius 1 is 1.20 bits per heavy atom. The van der Waals surface area contributed by atoms with Crippen molar-refractivity contribution in [2.75, 3.05) is 0 Å². The fourth-order valence-electron chi connectivity index (χ4n) is 4.75. The first-order valence-electron chi connectivity index (χ1n) is 11.1. The van der Waals surface area contributed by atoms with Crippen LogP contribution in [0.3, 0.4) is 0 Å². The quantitative estimate of drug-likeness (QED) is 0.396. The Bertz CT molecular complexity index is 868. The summed E-state index contributed by atoms with van der Waals surface area (Å²) < 4.78 is 6.45. The minimum absolute atomic E-state index is 0.00191. The molecule has 1 aromatic carbocycles. The molecule has 0 amide bonds. The molecule has 4 unspecified atom stereocenters. The van der Waals surface area contributed by atoms with E-state index < -0.39 is 0 Å². The molecule has 0 saturated heterocycles. The lowest BCUT2D eigenvalue weighted by atomic mass is 9.75. The zero-order valence-electron chi connectivity index (χ0n) is 18.9. The Hall–Kier alpha value is -2.42. The standard InChI is InChI=1S/C27H36O3/c1-7-20-15-24(28)26(25(29)16-20)23-14-18(4)8-9-22(23)19(5)30-27(6)12-10-21(11-13-27)17(2)3/h10,12,14-16,21-23,28-29H,2,5,7-9,11,13H2,1,3-4,6H3. The van der Waals surface area contributed by atoms with E-state index in [9.17, 15) is 10.2 Å². The summed E-state index contributed by atoms with van der Waals surface area (Å²) in [5.41, 5.74) is 3.55. The first-order valence-corrected chi connectivity index (χ1v) is 11.1. The van der Waals surface area contributed by atoms with Crippen LogP contribution in [-0.4, -0.2) is 15.8 Å². The Morgan fingerprint density at radius 2 is 1.87 bits per heavy atom. The van der Waals surface area contributed by atoms with Crippen LogP contribution in [0.5, 0.6) is 11.5 Å². The molecule has 3 heteroatoms. The van der Waals surface area contributed by atoms with E-state index in [0.29, 0.717) is 11.5 Å². The van der Waals surface area contributed by atoms with E-state index in [1.54, 1.807) is 12.1 Å². The van der Waals surface area contributed by atoms with Gasteiger partial charge >= 0.3 is 0 Å². The summed E-state index contributed by atoms with van der Waals surface area (Å²) in [4.78, 5) is 0. The van der Waals surface area contributed by atoms with E-state index in [2.05, 4.69) is 52.2 Å². The lowest BCUT2D eigenvalue weighted by Gasteiger charge is -2.38. The molecule has 3 rings (SSSR count). The molecule has 30 heavy (non-hydrogen) atoms. The highest BCUT2D eigenvalue weighted by atomic mass is 16.5. The van der Waals surface area contributed by atoms with Crippen LogP contribution in [-0.2, 0) is 11.2 Å². The van der Waals surface area contributed by atoms with Gasteiger partial charge in [-0.05, 0) is 82.6 Å². The van der Waals surface area contributed by atoms with Gasteiger partial charge in [-0.15, -0.1) is 0 Å². The van der Waals surface area contributed by atoms with E-state index in [4.69, 9.17) is 4.74 Å². The molecule has 4 atom stereocenters. The van der Waals surface area contributed by atoms with E-state index in [0.717, 1.165) is 43.4 Å². The Balaban J connectivity index is 1.87. The van der Waals surface area contributed by atoms with Gasteiger partial charge in [0, 0.05) is 17.4 Å². The maximum Gasteiger partial charge on any atom is 0.124 e. The molecular weight excluding hydrogens is 372 g/mol. The molecule has 0 heterocycles. The molecule has 0 aliphatic heterocycles. The van der Waals surface area contributed by atoms with Gasteiger partial charge < -0.3 is 14.9 Å². The van der Waals surface area contributed by atoms with Crippen LogP contribution >= 0.6 is 0 Å². The second-order valence-electron chi connectivity index (χ2n) is 9.32. The van der Waals surface area contributed by atoms with Gasteiger partial charge in [0.25, 0.3) is 0 Å². The first kappa shape index (κ1) is 22.3. The zero-order chi connectivity index (χ0) is 22.1. The Kier molecular flexibility index (Phi) is 6.50. The summed E-state index contributed by atoms with van der Waals surface area (Å²) in [6.45, 7) is 16.7. The zero-order valence-corrected chi connectivity index (χ0v) is 18.9. The second-order valence-corrected chi connectivity index (χ2v) is 9.32. The van der Waals surface area contributed by atoms with Gasteiger partial charge in [-0.1, -0.05) is 43.4 Å². The number of rotatable bonds is 6. The monoisotopic (exact) mass is 408 g/mol. The van der Waals surface area contributed by atoms with Crippen LogP contribution in [0.1, 0.15) is 70.4 Å². The Morgan fingerprint density at radius 3 is 2.40 bits per heavy atom. The molecule has 0 radical (unpaired) electrons. The van der Waals surface area contributed by atoms with Gasteiger partial charge in [-0.3, -0.25) is 0 Å². The number of phenolic OH excluding ortho intramolecular Hbond substituents is 2. The van der Waals surface area contributed by atoms with Gasteiger partial charge in [0.2, 0.25) is 0 Å². The van der Waals surface area contributed by atoms with Crippen molar-refractivity contribution in [1.29, 1.82) is 0 Å². The number of allylic oxidation sites excluding steroid dienone is 5. The lowest BCUT2D eigenvalue weighted by Crippen LogP contribution is -2.32. The van der Waals surface area contributed by atoms with Crippen molar-refractivity contribution in [3.05, 3.63) is 71.6 Å². The number of phenols is 2. The summed E-state index contributed by atoms with van der Waals surface area (Å²) >= 11 is 0. The normalized spacial score (nSPS) is 28.7. The number of aryl methyl sites for hydroxylation is 1. The average Bonchev–Trinajstić information content (AvgIpc) is 2.67. The third kappa shape index (κ3) is 4.66. The van der Waals surface area contributed by atoms with E-state index in [1.807, 2.05) is 6.92 Å². The molecular formula is C27H36O3. The van der Waals surface area contributed by atoms with Gasteiger partial charge in [0.1, 0.15) is 17.1 Å². The minimum atomic E-state index is -0.389. The van der Waals surface area contributed by atoms with Crippen LogP contribution in [0.4, 0.5) is 0 Å². The van der Waals surface area contributed by atoms with Gasteiger partial charge in [-0.25, -0.2) is 0 Å². The third-order valence-corrected chi connectivity index (χ3v) is 6.73. The van der Waals surface area contributed by atoms with Gasteiger partial charge in [0.15, 0.2) is 0 Å². The summed E-state index contributed by atoms with van der Waals surface area (Å²) in [5, 5.41) is 21.4. The van der Waals surface area contributed by atoms with E-state index >= 15 is 0 Å². The fourth-order valence-corrected chi connectivity index (χ4v) is 4.75. The van der Waals surface area contributed by atoms with Crippen LogP contribution in [0.2, 0.25) is 0 Å². The van der Waals surface area contributed by atoms with Crippen molar-refractivity contribution >= 4 is 0 Å². The van der Waals surface area contributed by atoms with Crippen molar-refractivity contribution in [2.24, 2.45) is 11.8 Å². The maximum atomic E-state index is 10.7. The molecule has 2 aliphatic rings. The largest absolute Gasteiger partial charge is 0.507 e. The molecule has 0 spiro atoms. The number of benzene rings is 1. The van der Waals surface area contributed by atoms with Crippen molar-refractivity contribution in [3.63, 3.8) is 0 Å². The van der Waals surface area contributed by atoms with E-state index in [1.165, 1.54) is 11.1 Å². The highest BCUT2D eigenvalue weighted by molar-refractivity contribution is 5.51. The average molecular weight is 409 g/mol. The number of hydrogen-bond acceptors (Lipinski definition) is 3. The first-order chi connectivity index (χ1) is 14.1. The molecule has 3 nitrogen and oxygen atoms in total. The topological polar surface area (TPSA) is 49.7 Å². The van der Waals surface area contributed by atoms with Crippen molar-refractivity contribution < 1.29 is 14.9 Å². The molecule has 162 valence electrons. The molecule has 2 aliphatic carbocycles. The molecule has 0 saturated carbocycles. The predicted octanol–water partition coefficient (Wildman–Crippen LogP) is 6.93. The lowest BCUT2D eigenvalue weighted by molar-refractivity contribution is 0.0252. The summed E-state index contributed by atoms with van der Waals surface area (Å²) in [6, 6.07) is 3.52. The third-order valence-electron chi connectivity index (χ3n) is 6.73. The maximum absolute atomic E-state index is 10.7. The van der Waals surface area contributed by atoms with E-state index in [-0.39, 0.29) is 28.9 Å². The molecule has 0 aromatic heterocycles. The second kappa shape index (κ2) is 8.75. The number of hydrogen-bond donors (Lipinski definition) is 2. The van der Waals surface area contributed by atoms with Crippen molar-refractivity contribution in [3.8, 4) is 11.5 Å². The molecule has 1 aromatic rings. The number of ether oxygens (including phenoxy) is 1. The minimum Gasteiger partial charge on any atom is -0.507 e.